The van der Waals surface area contributed by atoms with Gasteiger partial charge in [-0.2, -0.15) is 0 Å². The van der Waals surface area contributed by atoms with E-state index in [1.165, 1.54) is 22.7 Å². The number of carbonyl (C=O) groups excluding carboxylic acids is 3. The van der Waals surface area contributed by atoms with Crippen LogP contribution in [0.5, 0.6) is 0 Å². The molecule has 0 radical (unpaired) electrons. The third-order valence-corrected chi connectivity index (χ3v) is 9.72. The number of carboxylic acids is 1. The van der Waals surface area contributed by atoms with Crippen molar-refractivity contribution in [1.82, 2.24) is 10.2 Å². The highest BCUT2D eigenvalue weighted by molar-refractivity contribution is 7.99. The first-order valence-corrected chi connectivity index (χ1v) is 18.5. The number of rotatable bonds is 9. The standard InChI is InChI=1S/C29H38ClN3O6SSi/c1-29(2,3)39-27(37)23-17-40-25(20-10-7-8-12-21(20)30)33(23)24(34)16-31-28(38)32-22-13-9-11-19(26(35)36)18(22)14-15-41(4,5)6/h7-13,23,25H,14-17H2,1-6H3,(H,35,36)(H2,31,32,38)/t23-,25+/m0/s1. The number of carbonyl (C=O) groups is 4. The minimum absolute atomic E-state index is 0.133. The van der Waals surface area contributed by atoms with Gasteiger partial charge >= 0.3 is 18.0 Å². The highest BCUT2D eigenvalue weighted by Crippen LogP contribution is 2.44. The minimum atomic E-state index is -1.50. The summed E-state index contributed by atoms with van der Waals surface area (Å²) in [5, 5.41) is 14.9. The molecule has 1 aliphatic heterocycles. The molecule has 1 saturated heterocycles. The van der Waals surface area contributed by atoms with Crippen LogP contribution in [0, 0.1) is 0 Å². The predicted molar refractivity (Wildman–Crippen MR) is 165 cm³/mol. The quantitative estimate of drug-likeness (QED) is 0.231. The lowest BCUT2D eigenvalue weighted by Crippen LogP contribution is -2.49. The highest BCUT2D eigenvalue weighted by atomic mass is 35.5. The van der Waals surface area contributed by atoms with E-state index in [-0.39, 0.29) is 5.56 Å². The molecule has 41 heavy (non-hydrogen) atoms. The molecule has 1 heterocycles. The maximum absolute atomic E-state index is 13.5. The summed E-state index contributed by atoms with van der Waals surface area (Å²) in [4.78, 5) is 52.8. The largest absolute Gasteiger partial charge is 0.478 e. The van der Waals surface area contributed by atoms with Crippen LogP contribution in [0.4, 0.5) is 10.5 Å². The van der Waals surface area contributed by atoms with Crippen molar-refractivity contribution in [3.63, 3.8) is 0 Å². The second kappa shape index (κ2) is 13.3. The Morgan fingerprint density at radius 2 is 1.78 bits per heavy atom. The van der Waals surface area contributed by atoms with E-state index in [2.05, 4.69) is 30.3 Å². The number of thioether (sulfide) groups is 1. The van der Waals surface area contributed by atoms with Crippen molar-refractivity contribution in [3.8, 4) is 0 Å². The van der Waals surface area contributed by atoms with Gasteiger partial charge in [0.25, 0.3) is 0 Å². The Hall–Kier alpha value is -3.02. The van der Waals surface area contributed by atoms with Crippen LogP contribution in [-0.2, 0) is 20.7 Å². The van der Waals surface area contributed by atoms with E-state index < -0.39 is 55.5 Å². The van der Waals surface area contributed by atoms with Gasteiger partial charge in [-0.05, 0) is 51.0 Å². The summed E-state index contributed by atoms with van der Waals surface area (Å²) in [5.41, 5.74) is 0.998. The van der Waals surface area contributed by atoms with Crippen LogP contribution in [0.2, 0.25) is 30.7 Å². The number of esters is 1. The zero-order valence-corrected chi connectivity index (χ0v) is 26.8. The third-order valence-electron chi connectivity index (χ3n) is 6.32. The van der Waals surface area contributed by atoms with Gasteiger partial charge in [-0.3, -0.25) is 4.79 Å². The first-order chi connectivity index (χ1) is 19.1. The van der Waals surface area contributed by atoms with Gasteiger partial charge < -0.3 is 25.4 Å². The SMILES string of the molecule is CC(C)(C)OC(=O)[C@@H]1CS[C@H](c2ccccc2Cl)N1C(=O)CNC(=O)Nc1cccc(C(=O)O)c1CC[Si](C)(C)C. The van der Waals surface area contributed by atoms with E-state index in [1.807, 2.05) is 6.07 Å². The number of anilines is 1. The minimum Gasteiger partial charge on any atom is -0.478 e. The molecule has 2 atom stereocenters. The van der Waals surface area contributed by atoms with Gasteiger partial charge in [0, 0.05) is 30.1 Å². The van der Waals surface area contributed by atoms with Crippen molar-refractivity contribution in [1.29, 1.82) is 0 Å². The van der Waals surface area contributed by atoms with Gasteiger partial charge in [0.2, 0.25) is 5.91 Å². The number of urea groups is 1. The van der Waals surface area contributed by atoms with Crippen LogP contribution in [0.3, 0.4) is 0 Å². The van der Waals surface area contributed by atoms with E-state index in [0.29, 0.717) is 34.0 Å². The molecule has 3 amide bonds. The summed E-state index contributed by atoms with van der Waals surface area (Å²) >= 11 is 7.84. The number of nitrogens with zero attached hydrogens (tertiary/aromatic N) is 1. The molecule has 0 bridgehead atoms. The molecule has 12 heteroatoms. The monoisotopic (exact) mass is 619 g/mol. The molecule has 1 aliphatic rings. The number of halogens is 1. The summed E-state index contributed by atoms with van der Waals surface area (Å²) < 4.78 is 5.59. The number of hydrogen-bond donors (Lipinski definition) is 3. The molecule has 0 aromatic heterocycles. The van der Waals surface area contributed by atoms with Crippen molar-refractivity contribution in [3.05, 3.63) is 64.2 Å². The predicted octanol–water partition coefficient (Wildman–Crippen LogP) is 6.02. The van der Waals surface area contributed by atoms with Gasteiger partial charge in [0.15, 0.2) is 0 Å². The number of ether oxygens (including phenoxy) is 1. The number of carboxylic acid groups (broad SMARTS) is 1. The van der Waals surface area contributed by atoms with Crippen LogP contribution in [-0.4, -0.2) is 65.9 Å². The second-order valence-corrected chi connectivity index (χ2v) is 19.2. The number of aromatic carboxylic acids is 1. The number of amides is 3. The van der Waals surface area contributed by atoms with Crippen molar-refractivity contribution < 1.29 is 29.0 Å². The maximum Gasteiger partial charge on any atom is 0.336 e. The molecular formula is C29H38ClN3O6SSi. The Morgan fingerprint density at radius 3 is 2.39 bits per heavy atom. The van der Waals surface area contributed by atoms with Crippen molar-refractivity contribution >= 4 is 61.0 Å². The summed E-state index contributed by atoms with van der Waals surface area (Å²) in [7, 11) is -1.50. The van der Waals surface area contributed by atoms with Gasteiger partial charge in [0.05, 0.1) is 12.1 Å². The van der Waals surface area contributed by atoms with Crippen molar-refractivity contribution in [2.45, 2.75) is 69.9 Å². The molecule has 1 fully saturated rings. The summed E-state index contributed by atoms with van der Waals surface area (Å²) in [6.07, 6.45) is 0.509. The maximum atomic E-state index is 13.5. The van der Waals surface area contributed by atoms with Crippen molar-refractivity contribution in [2.75, 3.05) is 17.6 Å². The van der Waals surface area contributed by atoms with Gasteiger partial charge in [-0.1, -0.05) is 61.6 Å². The highest BCUT2D eigenvalue weighted by Gasteiger charge is 2.44. The lowest BCUT2D eigenvalue weighted by Gasteiger charge is -2.31. The molecule has 0 aliphatic carbocycles. The third kappa shape index (κ3) is 8.98. The number of benzene rings is 2. The summed E-state index contributed by atoms with van der Waals surface area (Å²) in [6, 6.07) is 11.2. The number of hydrogen-bond acceptors (Lipinski definition) is 6. The van der Waals surface area contributed by atoms with E-state index in [4.69, 9.17) is 16.3 Å². The average molecular weight is 620 g/mol. The molecule has 0 saturated carbocycles. The fraction of sp³-hybridized carbons (Fsp3) is 0.448. The molecule has 0 spiro atoms. The molecule has 3 rings (SSSR count). The molecule has 2 aromatic rings. The Morgan fingerprint density at radius 1 is 1.10 bits per heavy atom. The zero-order chi connectivity index (χ0) is 30.5. The molecule has 9 nitrogen and oxygen atoms in total. The lowest BCUT2D eigenvalue weighted by atomic mass is 10.0. The topological polar surface area (TPSA) is 125 Å². The fourth-order valence-corrected chi connectivity index (χ4v) is 7.14. The lowest BCUT2D eigenvalue weighted by molar-refractivity contribution is -0.163. The molecule has 3 N–H and O–H groups in total. The zero-order valence-electron chi connectivity index (χ0n) is 24.2. The molecule has 0 unspecified atom stereocenters. The average Bonchev–Trinajstić information content (AvgIpc) is 3.30. The Kier molecular flexibility index (Phi) is 10.5. The Balaban J connectivity index is 1.79. The molecule has 222 valence electrons. The summed E-state index contributed by atoms with van der Waals surface area (Å²) in [5.74, 6) is -1.77. The Bertz CT molecular complexity index is 1310. The van der Waals surface area contributed by atoms with Crippen LogP contribution >= 0.6 is 23.4 Å². The normalized spacial score (nSPS) is 17.2. The van der Waals surface area contributed by atoms with E-state index in [1.54, 1.807) is 51.1 Å². The van der Waals surface area contributed by atoms with Crippen LogP contribution in [0.1, 0.15) is 47.6 Å². The first kappa shape index (κ1) is 32.5. The van der Waals surface area contributed by atoms with Gasteiger partial charge in [-0.25, -0.2) is 14.4 Å². The smallest absolute Gasteiger partial charge is 0.336 e. The van der Waals surface area contributed by atoms with Gasteiger partial charge in [-0.15, -0.1) is 11.8 Å². The van der Waals surface area contributed by atoms with Crippen LogP contribution < -0.4 is 10.6 Å². The van der Waals surface area contributed by atoms with E-state index in [0.717, 1.165) is 6.04 Å². The van der Waals surface area contributed by atoms with E-state index in [9.17, 15) is 24.3 Å². The second-order valence-electron chi connectivity index (χ2n) is 12.1. The van der Waals surface area contributed by atoms with Crippen LogP contribution in [0.15, 0.2) is 42.5 Å². The Labute approximate surface area is 251 Å². The number of nitrogens with one attached hydrogen (secondary N) is 2. The van der Waals surface area contributed by atoms with Crippen LogP contribution in [0.25, 0.3) is 0 Å². The fourth-order valence-electron chi connectivity index (χ4n) is 4.36. The molecular weight excluding hydrogens is 582 g/mol. The molecule has 2 aromatic carbocycles. The summed E-state index contributed by atoms with van der Waals surface area (Å²) in [6.45, 7) is 11.5. The van der Waals surface area contributed by atoms with Gasteiger partial charge in [0.1, 0.15) is 17.0 Å². The first-order valence-electron chi connectivity index (χ1n) is 13.4. The van der Waals surface area contributed by atoms with E-state index >= 15 is 0 Å². The van der Waals surface area contributed by atoms with Crippen molar-refractivity contribution in [2.24, 2.45) is 0 Å².